The maximum Gasteiger partial charge on any atom is 0.227 e. The Balaban J connectivity index is 2.26. The van der Waals surface area contributed by atoms with E-state index in [4.69, 9.17) is 10.2 Å². The third-order valence-electron chi connectivity index (χ3n) is 3.57. The van der Waals surface area contributed by atoms with Gasteiger partial charge in [0, 0.05) is 20.2 Å². The predicted molar refractivity (Wildman–Crippen MR) is 95.6 cm³/mol. The maximum absolute atomic E-state index is 6.24. The summed E-state index contributed by atoms with van der Waals surface area (Å²) in [6.45, 7) is 6.34. The number of anilines is 1. The summed E-state index contributed by atoms with van der Waals surface area (Å²) in [7, 11) is 0. The lowest BCUT2D eigenvalue weighted by Crippen LogP contribution is -2.12. The molecule has 0 unspecified atom stereocenters. The molecule has 2 aromatic carbocycles. The molecule has 3 nitrogen and oxygen atoms in total. The van der Waals surface area contributed by atoms with E-state index in [1.807, 2.05) is 43.3 Å². The summed E-state index contributed by atoms with van der Waals surface area (Å²) >= 11 is 2.40. The first-order valence-electron chi connectivity index (χ1n) is 6.82. The average Bonchev–Trinajstić information content (AvgIpc) is 2.82. The van der Waals surface area contributed by atoms with Gasteiger partial charge in [-0.15, -0.1) is 0 Å². The first-order valence-corrected chi connectivity index (χ1v) is 7.90. The number of nitrogen functional groups attached to an aromatic ring is 1. The Morgan fingerprint density at radius 3 is 2.48 bits per heavy atom. The van der Waals surface area contributed by atoms with Crippen molar-refractivity contribution < 1.29 is 4.42 Å². The van der Waals surface area contributed by atoms with Crippen LogP contribution in [0.15, 0.2) is 40.8 Å². The first-order chi connectivity index (χ1) is 9.88. The number of aromatic nitrogens is 1. The van der Waals surface area contributed by atoms with Gasteiger partial charge in [-0.05, 0) is 44.5 Å². The lowest BCUT2D eigenvalue weighted by atomic mass is 9.95. The maximum atomic E-state index is 6.24. The zero-order chi connectivity index (χ0) is 15.2. The zero-order valence-electron chi connectivity index (χ0n) is 12.3. The van der Waals surface area contributed by atoms with Crippen LogP contribution in [0.25, 0.3) is 22.6 Å². The molecule has 0 aliphatic carbocycles. The molecule has 4 heteroatoms. The van der Waals surface area contributed by atoms with E-state index in [9.17, 15) is 0 Å². The Labute approximate surface area is 137 Å². The topological polar surface area (TPSA) is 52.0 Å². The highest BCUT2D eigenvalue weighted by atomic mass is 127. The van der Waals surface area contributed by atoms with Gasteiger partial charge in [0.25, 0.3) is 0 Å². The third-order valence-corrected chi connectivity index (χ3v) is 4.10. The molecule has 108 valence electrons. The average molecular weight is 392 g/mol. The quantitative estimate of drug-likeness (QED) is 0.377. The number of alkyl halides is 1. The zero-order valence-corrected chi connectivity index (χ0v) is 14.4. The molecular formula is C17H17IN2O. The van der Waals surface area contributed by atoms with E-state index in [0.29, 0.717) is 5.89 Å². The fourth-order valence-electron chi connectivity index (χ4n) is 2.74. The lowest BCUT2D eigenvalue weighted by molar-refractivity contribution is 0.615. The highest BCUT2D eigenvalue weighted by Gasteiger charge is 2.25. The van der Waals surface area contributed by atoms with E-state index in [0.717, 1.165) is 33.5 Å². The van der Waals surface area contributed by atoms with Crippen LogP contribution < -0.4 is 5.73 Å². The van der Waals surface area contributed by atoms with Crippen LogP contribution in [-0.2, 0) is 3.42 Å². The minimum atomic E-state index is -0.0557. The van der Waals surface area contributed by atoms with E-state index < -0.39 is 0 Å². The number of aryl methyl sites for hydroxylation is 1. The van der Waals surface area contributed by atoms with E-state index in [1.165, 1.54) is 0 Å². The van der Waals surface area contributed by atoms with Gasteiger partial charge in [-0.2, -0.15) is 0 Å². The van der Waals surface area contributed by atoms with Crippen molar-refractivity contribution >= 4 is 39.4 Å². The van der Waals surface area contributed by atoms with Crippen LogP contribution >= 0.6 is 22.6 Å². The van der Waals surface area contributed by atoms with E-state index in [2.05, 4.69) is 41.4 Å². The molecule has 0 spiro atoms. The molecule has 21 heavy (non-hydrogen) atoms. The van der Waals surface area contributed by atoms with Crippen molar-refractivity contribution in [2.45, 2.75) is 24.2 Å². The fourth-order valence-corrected chi connectivity index (χ4v) is 3.46. The van der Waals surface area contributed by atoms with Gasteiger partial charge in [0.15, 0.2) is 5.58 Å². The largest absolute Gasteiger partial charge is 0.436 e. The van der Waals surface area contributed by atoms with Gasteiger partial charge in [-0.1, -0.05) is 40.8 Å². The molecule has 2 N–H and O–H groups in total. The van der Waals surface area contributed by atoms with Gasteiger partial charge in [0.1, 0.15) is 5.52 Å². The minimum Gasteiger partial charge on any atom is -0.436 e. The Bertz CT molecular complexity index is 801. The number of oxazole rings is 1. The van der Waals surface area contributed by atoms with Crippen molar-refractivity contribution in [1.82, 2.24) is 4.98 Å². The Kier molecular flexibility index (Phi) is 3.43. The number of halogens is 1. The van der Waals surface area contributed by atoms with Crippen LogP contribution in [0, 0.1) is 6.92 Å². The van der Waals surface area contributed by atoms with Crippen LogP contribution in [0.2, 0.25) is 0 Å². The van der Waals surface area contributed by atoms with Gasteiger partial charge in [0.2, 0.25) is 5.89 Å². The van der Waals surface area contributed by atoms with Crippen LogP contribution in [0.3, 0.4) is 0 Å². The summed E-state index contributed by atoms with van der Waals surface area (Å²) in [5, 5.41) is 0. The van der Waals surface area contributed by atoms with Crippen LogP contribution in [0.1, 0.15) is 25.0 Å². The normalized spacial score (nSPS) is 12.0. The summed E-state index contributed by atoms with van der Waals surface area (Å²) < 4.78 is 5.95. The second-order valence-corrected chi connectivity index (χ2v) is 8.37. The molecule has 0 saturated heterocycles. The van der Waals surface area contributed by atoms with Gasteiger partial charge in [-0.3, -0.25) is 0 Å². The van der Waals surface area contributed by atoms with Crippen molar-refractivity contribution in [3.05, 3.63) is 47.5 Å². The standard InChI is InChI=1S/C17H17IN2O/c1-10-14(17(2,3)18)12(19)9-13-15(10)21-16(20-13)11-7-5-4-6-8-11/h4-9H,19H2,1-3H3. The molecule has 0 atom stereocenters. The molecule has 1 heterocycles. The smallest absolute Gasteiger partial charge is 0.227 e. The van der Waals surface area contributed by atoms with Crippen molar-refractivity contribution in [3.8, 4) is 11.5 Å². The molecule has 0 saturated carbocycles. The number of nitrogens with two attached hydrogens (primary N) is 1. The molecule has 1 aromatic heterocycles. The summed E-state index contributed by atoms with van der Waals surface area (Å²) in [5.74, 6) is 0.636. The first kappa shape index (κ1) is 14.4. The van der Waals surface area contributed by atoms with Gasteiger partial charge < -0.3 is 10.2 Å². The molecule has 3 rings (SSSR count). The van der Waals surface area contributed by atoms with E-state index in [-0.39, 0.29) is 3.42 Å². The van der Waals surface area contributed by atoms with Crippen molar-refractivity contribution in [2.75, 3.05) is 5.73 Å². The second-order valence-electron chi connectivity index (χ2n) is 5.67. The minimum absolute atomic E-state index is 0.0557. The predicted octanol–water partition coefficient (Wildman–Crippen LogP) is 5.06. The van der Waals surface area contributed by atoms with Crippen molar-refractivity contribution in [3.63, 3.8) is 0 Å². The highest BCUT2D eigenvalue weighted by Crippen LogP contribution is 2.40. The van der Waals surface area contributed by atoms with Gasteiger partial charge >= 0.3 is 0 Å². The van der Waals surface area contributed by atoms with Crippen molar-refractivity contribution in [1.29, 1.82) is 0 Å². The summed E-state index contributed by atoms with van der Waals surface area (Å²) in [5.41, 5.74) is 11.8. The Morgan fingerprint density at radius 1 is 1.19 bits per heavy atom. The van der Waals surface area contributed by atoms with Gasteiger partial charge in [-0.25, -0.2) is 4.98 Å². The van der Waals surface area contributed by atoms with Crippen molar-refractivity contribution in [2.24, 2.45) is 0 Å². The molecule has 0 aliphatic heterocycles. The lowest BCUT2D eigenvalue weighted by Gasteiger charge is -2.21. The molecule has 0 radical (unpaired) electrons. The highest BCUT2D eigenvalue weighted by molar-refractivity contribution is 14.1. The molecule has 0 fully saturated rings. The third kappa shape index (κ3) is 2.52. The van der Waals surface area contributed by atoms with E-state index in [1.54, 1.807) is 0 Å². The second kappa shape index (κ2) is 5.02. The van der Waals surface area contributed by atoms with Crippen LogP contribution in [0.5, 0.6) is 0 Å². The number of nitrogens with zero attached hydrogens (tertiary/aromatic N) is 1. The molecule has 3 aromatic rings. The molecule has 0 bridgehead atoms. The Hall–Kier alpha value is -1.56. The summed E-state index contributed by atoms with van der Waals surface area (Å²) in [6.07, 6.45) is 0. The monoisotopic (exact) mass is 392 g/mol. The number of rotatable bonds is 2. The number of fused-ring (bicyclic) bond motifs is 1. The fraction of sp³-hybridized carbons (Fsp3) is 0.235. The van der Waals surface area contributed by atoms with Crippen LogP contribution in [-0.4, -0.2) is 4.98 Å². The SMILES string of the molecule is Cc1c(C(C)(C)I)c(N)cc2nc(-c3ccccc3)oc12. The molecule has 0 aliphatic rings. The summed E-state index contributed by atoms with van der Waals surface area (Å²) in [6, 6.07) is 11.8. The summed E-state index contributed by atoms with van der Waals surface area (Å²) in [4.78, 5) is 4.58. The number of benzene rings is 2. The number of hydrogen-bond donors (Lipinski definition) is 1. The molecular weight excluding hydrogens is 375 g/mol. The Morgan fingerprint density at radius 2 is 1.86 bits per heavy atom. The molecule has 0 amide bonds. The van der Waals surface area contributed by atoms with E-state index >= 15 is 0 Å². The van der Waals surface area contributed by atoms with Crippen LogP contribution in [0.4, 0.5) is 5.69 Å². The van der Waals surface area contributed by atoms with Gasteiger partial charge in [0.05, 0.1) is 0 Å². The number of hydrogen-bond acceptors (Lipinski definition) is 3.